The van der Waals surface area contributed by atoms with Crippen molar-refractivity contribution in [2.24, 2.45) is 11.8 Å². The highest BCUT2D eigenvalue weighted by atomic mass is 16.5. The van der Waals surface area contributed by atoms with Crippen LogP contribution in [0.5, 0.6) is 5.75 Å². The number of para-hydroxylation sites is 1. The molecule has 2 heterocycles. The molecule has 0 atom stereocenters. The number of hydrogen-bond acceptors (Lipinski definition) is 2. The van der Waals surface area contributed by atoms with Crippen molar-refractivity contribution in [1.29, 1.82) is 0 Å². The maximum absolute atomic E-state index is 12.7. The Morgan fingerprint density at radius 1 is 1.24 bits per heavy atom. The summed E-state index contributed by atoms with van der Waals surface area (Å²) < 4.78 is 5.84. The van der Waals surface area contributed by atoms with Crippen molar-refractivity contribution in [3.05, 3.63) is 29.3 Å². The van der Waals surface area contributed by atoms with Crippen LogP contribution in [-0.4, -0.2) is 30.5 Å². The molecule has 1 saturated heterocycles. The van der Waals surface area contributed by atoms with Crippen LogP contribution in [0.15, 0.2) is 18.2 Å². The lowest BCUT2D eigenvalue weighted by molar-refractivity contribution is 0.0218. The van der Waals surface area contributed by atoms with Crippen LogP contribution < -0.4 is 4.74 Å². The zero-order valence-electron chi connectivity index (χ0n) is 12.9. The van der Waals surface area contributed by atoms with E-state index in [-0.39, 0.29) is 11.3 Å². The number of carbonyl (C=O) groups excluding carboxylic acids is 1. The Balaban J connectivity index is 1.52. The number of hydrogen-bond donors (Lipinski definition) is 0. The highest BCUT2D eigenvalue weighted by Crippen LogP contribution is 2.42. The third-order valence-electron chi connectivity index (χ3n) is 5.57. The van der Waals surface area contributed by atoms with Gasteiger partial charge < -0.3 is 9.64 Å². The molecular formula is C18H23NO2. The van der Waals surface area contributed by atoms with Crippen LogP contribution in [0.4, 0.5) is 0 Å². The van der Waals surface area contributed by atoms with Crippen molar-refractivity contribution in [3.63, 3.8) is 0 Å². The third-order valence-corrected chi connectivity index (χ3v) is 5.57. The normalized spacial score (nSPS) is 24.0. The largest absolute Gasteiger partial charge is 0.492 e. The maximum atomic E-state index is 12.7. The summed E-state index contributed by atoms with van der Waals surface area (Å²) in [6, 6.07) is 6.00. The molecule has 4 rings (SSSR count). The average molecular weight is 285 g/mol. The van der Waals surface area contributed by atoms with Gasteiger partial charge in [0.25, 0.3) is 5.91 Å². The average Bonchev–Trinajstić information content (AvgIpc) is 2.66. The number of ether oxygens (including phenoxy) is 1. The Labute approximate surface area is 126 Å². The second kappa shape index (κ2) is 4.49. The number of carbonyl (C=O) groups is 1. The lowest BCUT2D eigenvalue weighted by Crippen LogP contribution is -2.53. The molecule has 0 unspecified atom stereocenters. The summed E-state index contributed by atoms with van der Waals surface area (Å²) in [5, 5.41) is 0. The minimum Gasteiger partial charge on any atom is -0.492 e. The van der Waals surface area contributed by atoms with E-state index in [0.717, 1.165) is 36.2 Å². The van der Waals surface area contributed by atoms with Gasteiger partial charge in [0.05, 0.1) is 12.2 Å². The summed E-state index contributed by atoms with van der Waals surface area (Å²) in [7, 11) is 0. The molecule has 2 fully saturated rings. The minimum absolute atomic E-state index is 0.00896. The lowest BCUT2D eigenvalue weighted by Gasteiger charge is -2.46. The van der Waals surface area contributed by atoms with Gasteiger partial charge in [-0.1, -0.05) is 45.2 Å². The Bertz CT molecular complexity index is 583. The van der Waals surface area contributed by atoms with Crippen LogP contribution >= 0.6 is 0 Å². The van der Waals surface area contributed by atoms with Crippen LogP contribution in [0, 0.1) is 11.8 Å². The molecule has 1 aliphatic carbocycles. The molecule has 1 aromatic rings. The molecule has 1 amide bonds. The first-order valence-electron chi connectivity index (χ1n) is 8.12. The second-order valence-corrected chi connectivity index (χ2v) is 7.52. The number of likely N-dealkylation sites (tertiary alicyclic amines) is 1. The minimum atomic E-state index is 0.00896. The molecule has 3 heteroatoms. The smallest absolute Gasteiger partial charge is 0.257 e. The first-order valence-corrected chi connectivity index (χ1v) is 8.12. The maximum Gasteiger partial charge on any atom is 0.257 e. The quantitative estimate of drug-likeness (QED) is 0.835. The third kappa shape index (κ3) is 1.97. The summed E-state index contributed by atoms with van der Waals surface area (Å²) in [4.78, 5) is 14.7. The van der Waals surface area contributed by atoms with Gasteiger partial charge in [-0.3, -0.25) is 4.79 Å². The van der Waals surface area contributed by atoms with Gasteiger partial charge in [0.1, 0.15) is 5.75 Å². The van der Waals surface area contributed by atoms with Crippen LogP contribution in [-0.2, 0) is 5.41 Å². The van der Waals surface area contributed by atoms with Crippen molar-refractivity contribution in [3.8, 4) is 5.75 Å². The molecule has 1 saturated carbocycles. The Morgan fingerprint density at radius 2 is 2.00 bits per heavy atom. The predicted octanol–water partition coefficient (Wildman–Crippen LogP) is 3.23. The standard InChI is InChI=1S/C18H23NO2/c1-18(2)11-21-16-14(7-4-8-15(16)18)17(20)19-9-13(10-19)12-5-3-6-12/h4,7-8,12-13H,3,5-6,9-11H2,1-2H3. The van der Waals surface area contributed by atoms with E-state index in [1.54, 1.807) is 0 Å². The van der Waals surface area contributed by atoms with Gasteiger partial charge in [0.15, 0.2) is 0 Å². The van der Waals surface area contributed by atoms with E-state index < -0.39 is 0 Å². The van der Waals surface area contributed by atoms with Gasteiger partial charge in [-0.15, -0.1) is 0 Å². The first-order chi connectivity index (χ1) is 10.1. The van der Waals surface area contributed by atoms with E-state index >= 15 is 0 Å². The SMILES string of the molecule is CC1(C)COc2c(C(=O)N3CC(C4CCC4)C3)cccc21. The summed E-state index contributed by atoms with van der Waals surface area (Å²) >= 11 is 0. The molecule has 2 aliphatic heterocycles. The van der Waals surface area contributed by atoms with Crippen LogP contribution in [0.2, 0.25) is 0 Å². The molecule has 3 nitrogen and oxygen atoms in total. The monoisotopic (exact) mass is 285 g/mol. The Kier molecular flexibility index (Phi) is 2.82. The van der Waals surface area contributed by atoms with Gasteiger partial charge in [0.2, 0.25) is 0 Å². The molecule has 0 bridgehead atoms. The fourth-order valence-electron chi connectivity index (χ4n) is 3.78. The van der Waals surface area contributed by atoms with Gasteiger partial charge in [-0.2, -0.15) is 0 Å². The van der Waals surface area contributed by atoms with E-state index in [4.69, 9.17) is 4.74 Å². The van der Waals surface area contributed by atoms with Gasteiger partial charge in [-0.25, -0.2) is 0 Å². The van der Waals surface area contributed by atoms with Crippen LogP contribution in [0.3, 0.4) is 0 Å². The first kappa shape index (κ1) is 13.2. The van der Waals surface area contributed by atoms with E-state index in [1.807, 2.05) is 17.0 Å². The van der Waals surface area contributed by atoms with Gasteiger partial charge in [-0.05, 0) is 17.9 Å². The molecule has 0 spiro atoms. The zero-order valence-corrected chi connectivity index (χ0v) is 12.9. The molecule has 1 aromatic carbocycles. The highest BCUT2D eigenvalue weighted by molar-refractivity contribution is 5.98. The van der Waals surface area contributed by atoms with Crippen molar-refractivity contribution >= 4 is 5.91 Å². The van der Waals surface area contributed by atoms with E-state index in [1.165, 1.54) is 24.8 Å². The molecule has 0 N–H and O–H groups in total. The lowest BCUT2D eigenvalue weighted by atomic mass is 9.72. The second-order valence-electron chi connectivity index (χ2n) is 7.52. The topological polar surface area (TPSA) is 29.5 Å². The summed E-state index contributed by atoms with van der Waals surface area (Å²) in [6.07, 6.45) is 4.11. The molecule has 21 heavy (non-hydrogen) atoms. The molecular weight excluding hydrogens is 262 g/mol. The van der Waals surface area contributed by atoms with Crippen LogP contribution in [0.1, 0.15) is 49.0 Å². The predicted molar refractivity (Wildman–Crippen MR) is 81.7 cm³/mol. The van der Waals surface area contributed by atoms with Crippen molar-refractivity contribution in [2.75, 3.05) is 19.7 Å². The Hall–Kier alpha value is -1.51. The molecule has 3 aliphatic rings. The molecule has 112 valence electrons. The highest BCUT2D eigenvalue weighted by Gasteiger charge is 2.41. The summed E-state index contributed by atoms with van der Waals surface area (Å²) in [6.45, 7) is 6.89. The number of rotatable bonds is 2. The van der Waals surface area contributed by atoms with Crippen LogP contribution in [0.25, 0.3) is 0 Å². The van der Waals surface area contributed by atoms with Gasteiger partial charge >= 0.3 is 0 Å². The summed E-state index contributed by atoms with van der Waals surface area (Å²) in [5.74, 6) is 2.60. The fourth-order valence-corrected chi connectivity index (χ4v) is 3.78. The molecule has 0 radical (unpaired) electrons. The summed E-state index contributed by atoms with van der Waals surface area (Å²) in [5.41, 5.74) is 1.93. The zero-order chi connectivity index (χ0) is 14.6. The van der Waals surface area contributed by atoms with E-state index in [9.17, 15) is 4.79 Å². The van der Waals surface area contributed by atoms with Crippen molar-refractivity contribution < 1.29 is 9.53 Å². The fraction of sp³-hybridized carbons (Fsp3) is 0.611. The molecule has 0 aromatic heterocycles. The number of benzene rings is 1. The Morgan fingerprint density at radius 3 is 2.67 bits per heavy atom. The number of fused-ring (bicyclic) bond motifs is 1. The van der Waals surface area contributed by atoms with Crippen molar-refractivity contribution in [1.82, 2.24) is 4.90 Å². The van der Waals surface area contributed by atoms with E-state index in [0.29, 0.717) is 6.61 Å². The van der Waals surface area contributed by atoms with E-state index in [2.05, 4.69) is 19.9 Å². The number of nitrogens with zero attached hydrogens (tertiary/aromatic N) is 1. The number of amides is 1. The van der Waals surface area contributed by atoms with Crippen molar-refractivity contribution in [2.45, 2.75) is 38.5 Å². The van der Waals surface area contributed by atoms with Gasteiger partial charge in [0, 0.05) is 24.1 Å².